The number of benzene rings is 2. The lowest BCUT2D eigenvalue weighted by atomic mass is 9.98. The summed E-state index contributed by atoms with van der Waals surface area (Å²) in [6.45, 7) is 5.15. The van der Waals surface area contributed by atoms with Crippen LogP contribution in [0.1, 0.15) is 26.7 Å². The Balaban J connectivity index is 1.71. The number of ether oxygens (including phenoxy) is 1. The van der Waals surface area contributed by atoms with Crippen molar-refractivity contribution in [3.8, 4) is 28.2 Å². The molecule has 4 heteroatoms. The second-order valence-corrected chi connectivity index (χ2v) is 7.35. The highest BCUT2D eigenvalue weighted by molar-refractivity contribution is 5.95. The maximum absolute atomic E-state index is 6.09. The van der Waals surface area contributed by atoms with Crippen LogP contribution in [0.5, 0.6) is 5.75 Å². The van der Waals surface area contributed by atoms with E-state index in [1.54, 1.807) is 6.20 Å². The summed E-state index contributed by atoms with van der Waals surface area (Å²) in [5.74, 6) is 2.21. The fourth-order valence-corrected chi connectivity index (χ4v) is 3.39. The van der Waals surface area contributed by atoms with Crippen LogP contribution in [0.2, 0.25) is 0 Å². The standard InChI is InChI=1S/C24H24N2O2/c1-17(2)6-5-15-27-23-10-9-18(16-21(23)24-12-14-26-28-24)19-11-13-25-22-8-4-3-7-20(19)22/h3-4,7-14,16-17H,5-6,15H2,1-2H3. The van der Waals surface area contributed by atoms with Gasteiger partial charge >= 0.3 is 0 Å². The first kappa shape index (κ1) is 18.2. The quantitative estimate of drug-likeness (QED) is 0.354. The smallest absolute Gasteiger partial charge is 0.170 e. The van der Waals surface area contributed by atoms with Gasteiger partial charge in [0.25, 0.3) is 0 Å². The van der Waals surface area contributed by atoms with Gasteiger partial charge in [-0.15, -0.1) is 0 Å². The highest BCUT2D eigenvalue weighted by Gasteiger charge is 2.13. The molecule has 28 heavy (non-hydrogen) atoms. The summed E-state index contributed by atoms with van der Waals surface area (Å²) in [5.41, 5.74) is 4.13. The number of rotatable bonds is 7. The number of hydrogen-bond acceptors (Lipinski definition) is 4. The lowest BCUT2D eigenvalue weighted by Crippen LogP contribution is -2.01. The van der Waals surface area contributed by atoms with E-state index in [0.29, 0.717) is 18.3 Å². The molecular weight excluding hydrogens is 348 g/mol. The van der Waals surface area contributed by atoms with Gasteiger partial charge in [0.1, 0.15) is 5.75 Å². The van der Waals surface area contributed by atoms with Crippen LogP contribution in [0.15, 0.2) is 71.5 Å². The van der Waals surface area contributed by atoms with Crippen molar-refractivity contribution in [2.45, 2.75) is 26.7 Å². The Morgan fingerprint density at radius 1 is 0.964 bits per heavy atom. The summed E-state index contributed by atoms with van der Waals surface area (Å²) in [7, 11) is 0. The van der Waals surface area contributed by atoms with Gasteiger partial charge in [-0.3, -0.25) is 4.98 Å². The van der Waals surface area contributed by atoms with Gasteiger partial charge in [0, 0.05) is 17.6 Å². The van der Waals surface area contributed by atoms with Crippen LogP contribution >= 0.6 is 0 Å². The summed E-state index contributed by atoms with van der Waals surface area (Å²) in [6, 6.07) is 18.3. The van der Waals surface area contributed by atoms with Gasteiger partial charge < -0.3 is 9.26 Å². The molecule has 4 rings (SSSR count). The largest absolute Gasteiger partial charge is 0.493 e. The van der Waals surface area contributed by atoms with E-state index in [4.69, 9.17) is 9.26 Å². The molecule has 0 aliphatic heterocycles. The Hall–Kier alpha value is -3.14. The lowest BCUT2D eigenvalue weighted by molar-refractivity contribution is 0.297. The zero-order valence-corrected chi connectivity index (χ0v) is 16.3. The van der Waals surface area contributed by atoms with Gasteiger partial charge in [0.2, 0.25) is 0 Å². The van der Waals surface area contributed by atoms with E-state index in [-0.39, 0.29) is 0 Å². The number of hydrogen-bond donors (Lipinski definition) is 0. The first-order valence-electron chi connectivity index (χ1n) is 9.74. The van der Waals surface area contributed by atoms with Crippen molar-refractivity contribution >= 4 is 10.9 Å². The minimum absolute atomic E-state index is 0.680. The molecule has 0 aliphatic rings. The molecular formula is C24H24N2O2. The molecule has 0 bridgehead atoms. The monoisotopic (exact) mass is 372 g/mol. The number of aromatic nitrogens is 2. The Bertz CT molecular complexity index is 1050. The molecule has 0 saturated carbocycles. The number of para-hydroxylation sites is 1. The van der Waals surface area contributed by atoms with Crippen LogP contribution in [0.3, 0.4) is 0 Å². The van der Waals surface area contributed by atoms with Crippen LogP contribution in [0, 0.1) is 5.92 Å². The normalized spacial score (nSPS) is 11.2. The first-order chi connectivity index (χ1) is 13.7. The fourth-order valence-electron chi connectivity index (χ4n) is 3.39. The zero-order chi connectivity index (χ0) is 19.3. The van der Waals surface area contributed by atoms with Gasteiger partial charge in [-0.25, -0.2) is 0 Å². The van der Waals surface area contributed by atoms with Crippen molar-refractivity contribution < 1.29 is 9.26 Å². The topological polar surface area (TPSA) is 48.2 Å². The third kappa shape index (κ3) is 3.91. The SMILES string of the molecule is CC(C)CCCOc1ccc(-c2ccnc3ccccc23)cc1-c1ccno1. The molecule has 2 aromatic carbocycles. The minimum atomic E-state index is 0.680. The Morgan fingerprint density at radius 2 is 1.86 bits per heavy atom. The van der Waals surface area contributed by atoms with Crippen LogP contribution in [-0.4, -0.2) is 16.7 Å². The molecule has 2 heterocycles. The summed E-state index contributed by atoms with van der Waals surface area (Å²) in [5, 5.41) is 5.00. The van der Waals surface area contributed by atoms with Crippen molar-refractivity contribution in [3.63, 3.8) is 0 Å². The molecule has 0 radical (unpaired) electrons. The van der Waals surface area contributed by atoms with E-state index in [1.165, 1.54) is 0 Å². The summed E-state index contributed by atoms with van der Waals surface area (Å²) in [4.78, 5) is 4.47. The molecule has 142 valence electrons. The minimum Gasteiger partial charge on any atom is -0.493 e. The Kier molecular flexibility index (Phi) is 5.38. The van der Waals surface area contributed by atoms with Crippen LogP contribution < -0.4 is 4.74 Å². The zero-order valence-electron chi connectivity index (χ0n) is 16.3. The molecule has 0 aliphatic carbocycles. The van der Waals surface area contributed by atoms with Crippen LogP contribution in [-0.2, 0) is 0 Å². The molecule has 0 fully saturated rings. The number of fused-ring (bicyclic) bond motifs is 1. The molecule has 0 saturated heterocycles. The van der Waals surface area contributed by atoms with E-state index in [1.807, 2.05) is 42.6 Å². The number of nitrogens with zero attached hydrogens (tertiary/aromatic N) is 2. The maximum atomic E-state index is 6.09. The van der Waals surface area contributed by atoms with Gasteiger partial charge in [0.05, 0.1) is 23.9 Å². The average molecular weight is 372 g/mol. The first-order valence-corrected chi connectivity index (χ1v) is 9.74. The predicted molar refractivity (Wildman–Crippen MR) is 112 cm³/mol. The van der Waals surface area contributed by atoms with Gasteiger partial charge in [-0.05, 0) is 54.2 Å². The molecule has 0 spiro atoms. The number of pyridine rings is 1. The lowest BCUT2D eigenvalue weighted by Gasteiger charge is -2.13. The summed E-state index contributed by atoms with van der Waals surface area (Å²) < 4.78 is 11.5. The van der Waals surface area contributed by atoms with E-state index < -0.39 is 0 Å². The molecule has 4 aromatic rings. The molecule has 0 atom stereocenters. The molecule has 2 aromatic heterocycles. The maximum Gasteiger partial charge on any atom is 0.170 e. The van der Waals surface area contributed by atoms with Crippen LogP contribution in [0.4, 0.5) is 0 Å². The molecule has 0 unspecified atom stereocenters. The second-order valence-electron chi connectivity index (χ2n) is 7.35. The van der Waals surface area contributed by atoms with Crippen LogP contribution in [0.25, 0.3) is 33.4 Å². The molecule has 0 N–H and O–H groups in total. The highest BCUT2D eigenvalue weighted by atomic mass is 16.5. The molecule has 0 amide bonds. The van der Waals surface area contributed by atoms with Crippen molar-refractivity contribution in [3.05, 3.63) is 67.0 Å². The third-order valence-electron chi connectivity index (χ3n) is 4.83. The second kappa shape index (κ2) is 8.26. The van der Waals surface area contributed by atoms with Crippen molar-refractivity contribution in [2.75, 3.05) is 6.61 Å². The van der Waals surface area contributed by atoms with Gasteiger partial charge in [-0.2, -0.15) is 0 Å². The Morgan fingerprint density at radius 3 is 2.68 bits per heavy atom. The average Bonchev–Trinajstić information content (AvgIpc) is 3.25. The summed E-state index contributed by atoms with van der Waals surface area (Å²) in [6.07, 6.45) is 5.69. The van der Waals surface area contributed by atoms with Gasteiger partial charge in [-0.1, -0.05) is 43.3 Å². The van der Waals surface area contributed by atoms with E-state index in [0.717, 1.165) is 46.2 Å². The van der Waals surface area contributed by atoms with E-state index in [2.05, 4.69) is 42.2 Å². The van der Waals surface area contributed by atoms with Gasteiger partial charge in [0.15, 0.2) is 5.76 Å². The van der Waals surface area contributed by atoms with E-state index >= 15 is 0 Å². The fraction of sp³-hybridized carbons (Fsp3) is 0.250. The third-order valence-corrected chi connectivity index (χ3v) is 4.83. The van der Waals surface area contributed by atoms with Crippen molar-refractivity contribution in [1.82, 2.24) is 10.1 Å². The highest BCUT2D eigenvalue weighted by Crippen LogP contribution is 2.36. The van der Waals surface area contributed by atoms with E-state index in [9.17, 15) is 0 Å². The molecule has 4 nitrogen and oxygen atoms in total. The van der Waals surface area contributed by atoms with Crippen molar-refractivity contribution in [2.24, 2.45) is 5.92 Å². The predicted octanol–water partition coefficient (Wildman–Crippen LogP) is 6.37. The Labute approximate surface area is 165 Å². The van der Waals surface area contributed by atoms with Crippen molar-refractivity contribution in [1.29, 1.82) is 0 Å². The summed E-state index contributed by atoms with van der Waals surface area (Å²) >= 11 is 0.